The number of hydrogen-bond acceptors (Lipinski definition) is 5. The summed E-state index contributed by atoms with van der Waals surface area (Å²) in [6.45, 7) is 3.83. The van der Waals surface area contributed by atoms with Crippen LogP contribution in [-0.2, 0) is 0 Å². The molecule has 0 saturated carbocycles. The lowest BCUT2D eigenvalue weighted by Crippen LogP contribution is -2.30. The second-order valence-corrected chi connectivity index (χ2v) is 5.57. The van der Waals surface area contributed by atoms with Crippen molar-refractivity contribution in [2.75, 3.05) is 14.2 Å². The zero-order valence-corrected chi connectivity index (χ0v) is 14.1. The smallest absolute Gasteiger partial charge is 0.293 e. The average Bonchev–Trinajstić information content (AvgIpc) is 3.05. The van der Waals surface area contributed by atoms with Crippen LogP contribution >= 0.6 is 0 Å². The number of rotatable bonds is 4. The Morgan fingerprint density at radius 2 is 2.04 bits per heavy atom. The minimum Gasteiger partial charge on any atom is -0.496 e. The molecule has 2 heterocycles. The van der Waals surface area contributed by atoms with Gasteiger partial charge in [-0.1, -0.05) is 18.2 Å². The highest BCUT2D eigenvalue weighted by molar-refractivity contribution is 5.91. The number of carbonyl (C=O) groups excluding carboxylic acids is 1. The van der Waals surface area contributed by atoms with E-state index in [0.29, 0.717) is 5.78 Å². The molecule has 0 aliphatic heterocycles. The normalized spacial score (nSPS) is 12.2. The number of aryl methyl sites for hydroxylation is 1. The lowest BCUT2D eigenvalue weighted by molar-refractivity contribution is 0.0729. The van der Waals surface area contributed by atoms with Gasteiger partial charge >= 0.3 is 0 Å². The number of para-hydroxylation sites is 1. The van der Waals surface area contributed by atoms with Crippen molar-refractivity contribution in [2.45, 2.75) is 19.9 Å². The summed E-state index contributed by atoms with van der Waals surface area (Å²) in [6, 6.07) is 9.26. The molecule has 0 N–H and O–H groups in total. The maximum atomic E-state index is 12.8. The van der Waals surface area contributed by atoms with E-state index in [2.05, 4.69) is 15.1 Å². The van der Waals surface area contributed by atoms with Crippen molar-refractivity contribution < 1.29 is 9.53 Å². The van der Waals surface area contributed by atoms with Gasteiger partial charge in [0.1, 0.15) is 5.75 Å². The van der Waals surface area contributed by atoms with Gasteiger partial charge in [0.15, 0.2) is 0 Å². The van der Waals surface area contributed by atoms with E-state index in [1.807, 2.05) is 44.2 Å². The Hall–Kier alpha value is -2.96. The van der Waals surface area contributed by atoms with E-state index in [9.17, 15) is 4.79 Å². The third kappa shape index (κ3) is 2.68. The Balaban J connectivity index is 1.91. The Morgan fingerprint density at radius 3 is 2.75 bits per heavy atom. The van der Waals surface area contributed by atoms with Gasteiger partial charge in [-0.05, 0) is 26.0 Å². The molecule has 1 aromatic carbocycles. The van der Waals surface area contributed by atoms with Gasteiger partial charge in [0.05, 0.1) is 13.2 Å². The van der Waals surface area contributed by atoms with Crippen LogP contribution in [0.1, 0.15) is 34.8 Å². The van der Waals surface area contributed by atoms with Crippen LogP contribution in [0.15, 0.2) is 36.5 Å². The summed E-state index contributed by atoms with van der Waals surface area (Å²) < 4.78 is 6.95. The van der Waals surface area contributed by atoms with E-state index in [0.717, 1.165) is 17.0 Å². The first-order chi connectivity index (χ1) is 11.5. The molecule has 3 aromatic rings. The number of ether oxygens (including phenoxy) is 1. The van der Waals surface area contributed by atoms with E-state index in [-0.39, 0.29) is 17.8 Å². The fraction of sp³-hybridized carbons (Fsp3) is 0.294. The molecule has 3 rings (SSSR count). The summed E-state index contributed by atoms with van der Waals surface area (Å²) in [4.78, 5) is 22.7. The van der Waals surface area contributed by atoms with Crippen LogP contribution < -0.4 is 4.74 Å². The molecule has 1 unspecified atom stereocenters. The standard InChI is InChI=1S/C17H19N5O2/c1-11-9-10-18-17-19-15(20-22(11)17)16(23)21(3)12(2)13-7-5-6-8-14(13)24-4/h5-10,12H,1-4H3. The molecule has 0 bridgehead atoms. The first-order valence-electron chi connectivity index (χ1n) is 7.61. The highest BCUT2D eigenvalue weighted by Crippen LogP contribution is 2.28. The van der Waals surface area contributed by atoms with Gasteiger partial charge < -0.3 is 9.64 Å². The third-order valence-corrected chi connectivity index (χ3v) is 4.11. The molecule has 0 spiro atoms. The summed E-state index contributed by atoms with van der Waals surface area (Å²) in [6.07, 6.45) is 1.65. The molecule has 7 heteroatoms. The summed E-state index contributed by atoms with van der Waals surface area (Å²) in [5.74, 6) is 1.01. The van der Waals surface area contributed by atoms with Crippen molar-refractivity contribution in [1.82, 2.24) is 24.5 Å². The highest BCUT2D eigenvalue weighted by Gasteiger charge is 2.24. The van der Waals surface area contributed by atoms with Crippen molar-refractivity contribution in [3.63, 3.8) is 0 Å². The number of fused-ring (bicyclic) bond motifs is 1. The molecule has 24 heavy (non-hydrogen) atoms. The Kier molecular flexibility index (Phi) is 4.16. The monoisotopic (exact) mass is 325 g/mol. The zero-order chi connectivity index (χ0) is 17.3. The quantitative estimate of drug-likeness (QED) is 0.736. The largest absolute Gasteiger partial charge is 0.496 e. The second-order valence-electron chi connectivity index (χ2n) is 5.57. The van der Waals surface area contributed by atoms with Crippen LogP contribution in [0.2, 0.25) is 0 Å². The minimum atomic E-state index is -0.265. The molecule has 2 aromatic heterocycles. The first-order valence-corrected chi connectivity index (χ1v) is 7.61. The van der Waals surface area contributed by atoms with Crippen LogP contribution in [0, 0.1) is 6.92 Å². The van der Waals surface area contributed by atoms with Crippen LogP contribution in [0.5, 0.6) is 5.75 Å². The molecule has 0 radical (unpaired) electrons. The van der Waals surface area contributed by atoms with E-state index < -0.39 is 0 Å². The van der Waals surface area contributed by atoms with Crippen molar-refractivity contribution >= 4 is 11.7 Å². The predicted octanol–water partition coefficient (Wildman–Crippen LogP) is 2.27. The SMILES string of the molecule is COc1ccccc1C(C)N(C)C(=O)c1nc2nccc(C)n2n1. The van der Waals surface area contributed by atoms with Crippen molar-refractivity contribution in [3.05, 3.63) is 53.6 Å². The van der Waals surface area contributed by atoms with Gasteiger partial charge in [0, 0.05) is 24.5 Å². The van der Waals surface area contributed by atoms with Crippen LogP contribution in [-0.4, -0.2) is 44.5 Å². The molecule has 0 fully saturated rings. The molecule has 0 aliphatic carbocycles. The Bertz CT molecular complexity index is 890. The molecule has 1 atom stereocenters. The lowest BCUT2D eigenvalue weighted by atomic mass is 10.1. The van der Waals surface area contributed by atoms with Crippen molar-refractivity contribution in [2.24, 2.45) is 0 Å². The number of amides is 1. The number of carbonyl (C=O) groups is 1. The van der Waals surface area contributed by atoms with Crippen LogP contribution in [0.25, 0.3) is 5.78 Å². The van der Waals surface area contributed by atoms with Crippen molar-refractivity contribution in [1.29, 1.82) is 0 Å². The molecular formula is C17H19N5O2. The number of hydrogen-bond donors (Lipinski definition) is 0. The fourth-order valence-electron chi connectivity index (χ4n) is 2.55. The fourth-order valence-corrected chi connectivity index (χ4v) is 2.55. The first kappa shape index (κ1) is 15.9. The van der Waals surface area contributed by atoms with Gasteiger partial charge in [-0.2, -0.15) is 4.98 Å². The molecule has 0 saturated heterocycles. The Morgan fingerprint density at radius 1 is 1.29 bits per heavy atom. The molecule has 1 amide bonds. The number of aromatic nitrogens is 4. The van der Waals surface area contributed by atoms with E-state index in [4.69, 9.17) is 4.74 Å². The van der Waals surface area contributed by atoms with Gasteiger partial charge in [-0.25, -0.2) is 9.50 Å². The minimum absolute atomic E-state index is 0.126. The molecule has 7 nitrogen and oxygen atoms in total. The second kappa shape index (κ2) is 6.27. The van der Waals surface area contributed by atoms with Crippen LogP contribution in [0.4, 0.5) is 0 Å². The lowest BCUT2D eigenvalue weighted by Gasteiger charge is -2.25. The maximum absolute atomic E-state index is 12.8. The summed E-state index contributed by atoms with van der Waals surface area (Å²) >= 11 is 0. The number of nitrogens with zero attached hydrogens (tertiary/aromatic N) is 5. The molecule has 0 aliphatic rings. The van der Waals surface area contributed by atoms with Crippen LogP contribution in [0.3, 0.4) is 0 Å². The zero-order valence-electron chi connectivity index (χ0n) is 14.1. The van der Waals surface area contributed by atoms with E-state index in [1.165, 1.54) is 0 Å². The van der Waals surface area contributed by atoms with Gasteiger partial charge in [-0.3, -0.25) is 4.79 Å². The van der Waals surface area contributed by atoms with Gasteiger partial charge in [-0.15, -0.1) is 5.10 Å². The summed E-state index contributed by atoms with van der Waals surface area (Å²) in [7, 11) is 3.34. The van der Waals surface area contributed by atoms with E-state index in [1.54, 1.807) is 29.8 Å². The van der Waals surface area contributed by atoms with E-state index >= 15 is 0 Å². The Labute approximate surface area is 139 Å². The summed E-state index contributed by atoms with van der Waals surface area (Å²) in [5, 5.41) is 4.27. The topological polar surface area (TPSA) is 72.6 Å². The molecular weight excluding hydrogens is 306 g/mol. The predicted molar refractivity (Wildman–Crippen MR) is 89.0 cm³/mol. The maximum Gasteiger partial charge on any atom is 0.293 e. The van der Waals surface area contributed by atoms with Gasteiger partial charge in [0.2, 0.25) is 5.82 Å². The highest BCUT2D eigenvalue weighted by atomic mass is 16.5. The third-order valence-electron chi connectivity index (χ3n) is 4.11. The van der Waals surface area contributed by atoms with Gasteiger partial charge in [0.25, 0.3) is 11.7 Å². The number of methoxy groups -OCH3 is 1. The van der Waals surface area contributed by atoms with Crippen molar-refractivity contribution in [3.8, 4) is 5.75 Å². The average molecular weight is 325 g/mol. The summed E-state index contributed by atoms with van der Waals surface area (Å²) in [5.41, 5.74) is 1.79. The molecule has 124 valence electrons. The number of benzene rings is 1.